The largest absolute Gasteiger partial charge is 0.311 e. The molecular formula is C9H19ClN2. The minimum absolute atomic E-state index is 0. The molecule has 0 aromatic carbocycles. The maximum absolute atomic E-state index is 3.61. The molecule has 0 aromatic heterocycles. The summed E-state index contributed by atoms with van der Waals surface area (Å²) in [6.07, 6.45) is 5.68. The van der Waals surface area contributed by atoms with E-state index in [0.29, 0.717) is 0 Å². The number of hydrogen-bond donors (Lipinski definition) is 1. The monoisotopic (exact) mass is 190 g/mol. The lowest BCUT2D eigenvalue weighted by atomic mass is 9.88. The highest BCUT2D eigenvalue weighted by atomic mass is 35.5. The molecule has 0 aromatic rings. The van der Waals surface area contributed by atoms with Crippen LogP contribution >= 0.6 is 12.4 Å². The molecule has 2 nitrogen and oxygen atoms in total. The molecule has 2 fully saturated rings. The zero-order valence-corrected chi connectivity index (χ0v) is 8.57. The Morgan fingerprint density at radius 2 is 2.00 bits per heavy atom. The summed E-state index contributed by atoms with van der Waals surface area (Å²) in [7, 11) is 2.27. The maximum Gasteiger partial charge on any atom is 0.0246 e. The van der Waals surface area contributed by atoms with E-state index >= 15 is 0 Å². The van der Waals surface area contributed by atoms with E-state index in [-0.39, 0.29) is 12.4 Å². The predicted octanol–water partition coefficient (Wildman–Crippen LogP) is 1.25. The fraction of sp³-hybridized carbons (Fsp3) is 1.00. The number of halogens is 1. The van der Waals surface area contributed by atoms with Crippen molar-refractivity contribution in [1.29, 1.82) is 0 Å². The third-order valence-corrected chi connectivity index (χ3v) is 3.17. The van der Waals surface area contributed by atoms with Gasteiger partial charge in [0, 0.05) is 25.2 Å². The summed E-state index contributed by atoms with van der Waals surface area (Å²) in [6.45, 7) is 2.43. The molecule has 1 N–H and O–H groups in total. The van der Waals surface area contributed by atoms with Gasteiger partial charge in [0.25, 0.3) is 0 Å². The van der Waals surface area contributed by atoms with Gasteiger partial charge in [-0.1, -0.05) is 12.8 Å². The van der Waals surface area contributed by atoms with Crippen molar-refractivity contribution in [2.45, 2.75) is 37.8 Å². The molecule has 1 saturated carbocycles. The summed E-state index contributed by atoms with van der Waals surface area (Å²) in [4.78, 5) is 2.53. The third-order valence-electron chi connectivity index (χ3n) is 3.17. The van der Waals surface area contributed by atoms with Crippen LogP contribution in [0.4, 0.5) is 0 Å². The van der Waals surface area contributed by atoms with Crippen LogP contribution in [-0.2, 0) is 0 Å². The molecule has 12 heavy (non-hydrogen) atoms. The molecule has 2 atom stereocenters. The van der Waals surface area contributed by atoms with E-state index in [9.17, 15) is 0 Å². The van der Waals surface area contributed by atoms with Gasteiger partial charge in [0.15, 0.2) is 0 Å². The van der Waals surface area contributed by atoms with E-state index in [2.05, 4.69) is 17.3 Å². The Morgan fingerprint density at radius 3 is 2.75 bits per heavy atom. The first-order valence-electron chi connectivity index (χ1n) is 4.81. The zero-order chi connectivity index (χ0) is 7.68. The number of hydrogen-bond acceptors (Lipinski definition) is 2. The predicted molar refractivity (Wildman–Crippen MR) is 53.9 cm³/mol. The van der Waals surface area contributed by atoms with Gasteiger partial charge >= 0.3 is 0 Å². The van der Waals surface area contributed by atoms with Crippen LogP contribution in [0.25, 0.3) is 0 Å². The Kier molecular flexibility index (Phi) is 3.81. The zero-order valence-electron chi connectivity index (χ0n) is 7.75. The fourth-order valence-corrected chi connectivity index (χ4v) is 2.47. The highest BCUT2D eigenvalue weighted by Gasteiger charge is 2.30. The van der Waals surface area contributed by atoms with E-state index < -0.39 is 0 Å². The van der Waals surface area contributed by atoms with Gasteiger partial charge in [0.2, 0.25) is 0 Å². The first-order chi connectivity index (χ1) is 5.38. The van der Waals surface area contributed by atoms with Crippen molar-refractivity contribution in [2.75, 3.05) is 20.1 Å². The molecule has 1 heterocycles. The number of piperazine rings is 1. The molecule has 2 aliphatic rings. The molecule has 1 aliphatic carbocycles. The Hall–Kier alpha value is 0.210. The summed E-state index contributed by atoms with van der Waals surface area (Å²) < 4.78 is 0. The topological polar surface area (TPSA) is 15.3 Å². The summed E-state index contributed by atoms with van der Waals surface area (Å²) in [6, 6.07) is 1.65. The Morgan fingerprint density at radius 1 is 1.25 bits per heavy atom. The quantitative estimate of drug-likeness (QED) is 0.619. The standard InChI is InChI=1S/C9H18N2.ClH/c1-11-7-6-10-8-4-2-3-5-9(8)11;/h8-10H,2-7H2,1H3;1H/t8-,9+;/m1./s1. The van der Waals surface area contributed by atoms with Crippen LogP contribution in [0.1, 0.15) is 25.7 Å². The normalized spacial score (nSPS) is 36.8. The van der Waals surface area contributed by atoms with E-state index in [1.807, 2.05) is 0 Å². The van der Waals surface area contributed by atoms with Crippen LogP contribution < -0.4 is 5.32 Å². The summed E-state index contributed by atoms with van der Waals surface area (Å²) in [5, 5.41) is 3.61. The second-order valence-corrected chi connectivity index (χ2v) is 3.89. The number of fused-ring (bicyclic) bond motifs is 1. The highest BCUT2D eigenvalue weighted by Crippen LogP contribution is 2.23. The second-order valence-electron chi connectivity index (χ2n) is 3.89. The van der Waals surface area contributed by atoms with E-state index in [1.54, 1.807) is 0 Å². The summed E-state index contributed by atoms with van der Waals surface area (Å²) in [5.74, 6) is 0. The lowest BCUT2D eigenvalue weighted by Gasteiger charge is -2.42. The molecule has 72 valence electrons. The SMILES string of the molecule is CN1CCN[C@@H]2CCCC[C@@H]21.Cl. The van der Waals surface area contributed by atoms with Crippen molar-refractivity contribution < 1.29 is 0 Å². The smallest absolute Gasteiger partial charge is 0.0246 e. The van der Waals surface area contributed by atoms with E-state index in [4.69, 9.17) is 0 Å². The Labute approximate surface area is 81.1 Å². The van der Waals surface area contributed by atoms with E-state index in [0.717, 1.165) is 12.1 Å². The summed E-state index contributed by atoms with van der Waals surface area (Å²) >= 11 is 0. The van der Waals surface area contributed by atoms with Crippen molar-refractivity contribution in [3.63, 3.8) is 0 Å². The Bertz CT molecular complexity index is 138. The van der Waals surface area contributed by atoms with Gasteiger partial charge in [-0.3, -0.25) is 0 Å². The number of nitrogens with zero attached hydrogens (tertiary/aromatic N) is 1. The van der Waals surface area contributed by atoms with Gasteiger partial charge in [-0.25, -0.2) is 0 Å². The molecule has 3 heteroatoms. The molecule has 0 radical (unpaired) electrons. The molecule has 1 aliphatic heterocycles. The van der Waals surface area contributed by atoms with Crippen LogP contribution in [0.5, 0.6) is 0 Å². The van der Waals surface area contributed by atoms with Crippen molar-refractivity contribution in [1.82, 2.24) is 10.2 Å². The minimum Gasteiger partial charge on any atom is -0.311 e. The van der Waals surface area contributed by atoms with Crippen LogP contribution in [0.3, 0.4) is 0 Å². The van der Waals surface area contributed by atoms with Crippen LogP contribution in [0, 0.1) is 0 Å². The fourth-order valence-electron chi connectivity index (χ4n) is 2.47. The first-order valence-corrected chi connectivity index (χ1v) is 4.81. The van der Waals surface area contributed by atoms with Gasteiger partial charge in [0.1, 0.15) is 0 Å². The molecule has 1 saturated heterocycles. The lowest BCUT2D eigenvalue weighted by Crippen LogP contribution is -2.57. The molecule has 0 unspecified atom stereocenters. The van der Waals surface area contributed by atoms with E-state index in [1.165, 1.54) is 38.8 Å². The second kappa shape index (κ2) is 4.45. The molecule has 0 amide bonds. The first kappa shape index (κ1) is 10.3. The van der Waals surface area contributed by atoms with Gasteiger partial charge in [-0.2, -0.15) is 0 Å². The average Bonchev–Trinajstić information content (AvgIpc) is 2.06. The average molecular weight is 191 g/mol. The van der Waals surface area contributed by atoms with Gasteiger partial charge in [-0.15, -0.1) is 12.4 Å². The molecule has 0 spiro atoms. The van der Waals surface area contributed by atoms with Crippen LogP contribution in [0.2, 0.25) is 0 Å². The molecule has 0 bridgehead atoms. The molecular weight excluding hydrogens is 172 g/mol. The minimum atomic E-state index is 0. The Balaban J connectivity index is 0.000000720. The lowest BCUT2D eigenvalue weighted by molar-refractivity contribution is 0.114. The van der Waals surface area contributed by atoms with Crippen molar-refractivity contribution in [3.05, 3.63) is 0 Å². The van der Waals surface area contributed by atoms with Crippen molar-refractivity contribution in [3.8, 4) is 0 Å². The highest BCUT2D eigenvalue weighted by molar-refractivity contribution is 5.85. The van der Waals surface area contributed by atoms with Crippen LogP contribution in [-0.4, -0.2) is 37.1 Å². The number of nitrogens with one attached hydrogen (secondary N) is 1. The van der Waals surface area contributed by atoms with Crippen molar-refractivity contribution >= 4 is 12.4 Å². The van der Waals surface area contributed by atoms with Gasteiger partial charge in [-0.05, 0) is 19.9 Å². The van der Waals surface area contributed by atoms with Crippen molar-refractivity contribution in [2.24, 2.45) is 0 Å². The number of likely N-dealkylation sites (N-methyl/N-ethyl adjacent to an activating group) is 1. The van der Waals surface area contributed by atoms with Crippen LogP contribution in [0.15, 0.2) is 0 Å². The third kappa shape index (κ3) is 1.93. The number of rotatable bonds is 0. The molecule has 2 rings (SSSR count). The van der Waals surface area contributed by atoms with Gasteiger partial charge in [0.05, 0.1) is 0 Å². The maximum atomic E-state index is 3.61. The van der Waals surface area contributed by atoms with Gasteiger partial charge < -0.3 is 10.2 Å². The summed E-state index contributed by atoms with van der Waals surface area (Å²) in [5.41, 5.74) is 0.